The predicted octanol–water partition coefficient (Wildman–Crippen LogP) is 0.488. The predicted molar refractivity (Wildman–Crippen MR) is 28.1 cm³/mol. The fraction of sp³-hybridized carbons (Fsp3) is 0.333. The first kappa shape index (κ1) is 15.8. The molecule has 0 saturated heterocycles. The summed E-state index contributed by atoms with van der Waals surface area (Å²) in [7, 11) is 1.72. The van der Waals surface area contributed by atoms with Gasteiger partial charge in [-0.25, -0.2) is 0 Å². The Hall–Kier alpha value is 0.994. The first-order valence-corrected chi connectivity index (χ1v) is 1.36. The third-order valence-corrected chi connectivity index (χ3v) is 0.306. The van der Waals surface area contributed by atoms with E-state index in [1.54, 1.807) is 7.05 Å². The van der Waals surface area contributed by atoms with Crippen molar-refractivity contribution in [1.29, 1.82) is 0 Å². The van der Waals surface area contributed by atoms with E-state index in [1.807, 2.05) is 0 Å². The van der Waals surface area contributed by atoms with Crippen molar-refractivity contribution in [2.75, 3.05) is 7.05 Å². The van der Waals surface area contributed by atoms with Gasteiger partial charge >= 0.3 is 0 Å². The van der Waals surface area contributed by atoms with Gasteiger partial charge in [-0.1, -0.05) is 0 Å². The Balaban J connectivity index is -0.0000000450. The molecule has 0 spiro atoms. The van der Waals surface area contributed by atoms with Crippen LogP contribution in [-0.2, 0) is 32.7 Å². The Morgan fingerprint density at radius 2 is 1.83 bits per heavy atom. The molecule has 0 bridgehead atoms. The Kier molecular flexibility index (Phi) is 43.8. The van der Waals surface area contributed by atoms with Crippen molar-refractivity contribution in [3.8, 4) is 0 Å². The van der Waals surface area contributed by atoms with Crippen LogP contribution in [0.15, 0.2) is 0 Å². The molecule has 0 atom stereocenters. The number of nitrogens with one attached hydrogen (secondary N) is 1. The number of hydrogen-bond acceptors (Lipinski definition) is 1. The monoisotopic (exact) mass is 178 g/mol. The Bertz CT molecular complexity index is 24.8. The fourth-order valence-electron chi connectivity index (χ4n) is 0. The molecule has 0 aromatic rings. The van der Waals surface area contributed by atoms with E-state index in [0.717, 1.165) is 0 Å². The zero-order chi connectivity index (χ0) is 3.41. The first-order valence-electron chi connectivity index (χ1n) is 0.954. The molecule has 0 unspecified atom stereocenters. The molecule has 0 aliphatic heterocycles. The van der Waals surface area contributed by atoms with Crippen molar-refractivity contribution in [1.82, 2.24) is 5.32 Å². The molecule has 0 aromatic heterocycles. The van der Waals surface area contributed by atoms with E-state index in [0.29, 0.717) is 0 Å². The Labute approximate surface area is 69.8 Å². The van der Waals surface area contributed by atoms with Crippen molar-refractivity contribution in [3.05, 3.63) is 7.43 Å². The third kappa shape index (κ3) is 20.0. The second-order valence-electron chi connectivity index (χ2n) is 0.352. The van der Waals surface area contributed by atoms with Crippen molar-refractivity contribution in [2.45, 2.75) is 0 Å². The molecule has 0 amide bonds. The molecule has 35 valence electrons. The molecule has 0 aliphatic rings. The summed E-state index contributed by atoms with van der Waals surface area (Å²) in [5.74, 6) is 0. The SMILES string of the molecule is CN[C-]=S.[CH3-].[Y]. The van der Waals surface area contributed by atoms with Gasteiger partial charge in [0.05, 0.1) is 0 Å². The smallest absolute Gasteiger partial charge is 0 e. The number of thiocarbonyl (C=S) groups is 1. The van der Waals surface area contributed by atoms with Crippen LogP contribution in [0.1, 0.15) is 0 Å². The Morgan fingerprint density at radius 3 is 1.83 bits per heavy atom. The van der Waals surface area contributed by atoms with Crippen LogP contribution in [0.5, 0.6) is 0 Å². The summed E-state index contributed by atoms with van der Waals surface area (Å²) >= 11 is 4.19. The maximum absolute atomic E-state index is 4.19. The second kappa shape index (κ2) is 16.7. The molecule has 3 heteroatoms. The summed E-state index contributed by atoms with van der Waals surface area (Å²) < 4.78 is 0. The van der Waals surface area contributed by atoms with Gasteiger partial charge in [0.1, 0.15) is 0 Å². The van der Waals surface area contributed by atoms with Crippen LogP contribution in [0, 0.1) is 7.43 Å². The molecule has 0 rings (SSSR count). The molecule has 1 nitrogen and oxygen atoms in total. The normalized spacial score (nSPS) is 3.50. The second-order valence-corrected chi connectivity index (χ2v) is 0.556. The van der Waals surface area contributed by atoms with Crippen LogP contribution in [0.25, 0.3) is 0 Å². The average Bonchev–Trinajstić information content (AvgIpc) is 1.37. The van der Waals surface area contributed by atoms with E-state index in [-0.39, 0.29) is 40.1 Å². The van der Waals surface area contributed by atoms with E-state index in [1.165, 1.54) is 0 Å². The van der Waals surface area contributed by atoms with Gasteiger partial charge in [-0.15, -0.1) is 0 Å². The summed E-state index contributed by atoms with van der Waals surface area (Å²) in [4.78, 5) is 0. The van der Waals surface area contributed by atoms with Crippen LogP contribution in [0.2, 0.25) is 0 Å². The van der Waals surface area contributed by atoms with Gasteiger partial charge in [0.15, 0.2) is 0 Å². The molecule has 0 aliphatic carbocycles. The topological polar surface area (TPSA) is 12.0 Å². The largest absolute Gasteiger partial charge is 0.559 e. The van der Waals surface area contributed by atoms with Crippen LogP contribution in [0.3, 0.4) is 0 Å². The average molecular weight is 178 g/mol. The Morgan fingerprint density at radius 1 is 1.67 bits per heavy atom. The van der Waals surface area contributed by atoms with Crippen molar-refractivity contribution >= 4 is 17.7 Å². The van der Waals surface area contributed by atoms with E-state index >= 15 is 0 Å². The minimum absolute atomic E-state index is 0. The summed E-state index contributed by atoms with van der Waals surface area (Å²) in [6, 6.07) is 0. The van der Waals surface area contributed by atoms with Crippen molar-refractivity contribution in [2.24, 2.45) is 0 Å². The van der Waals surface area contributed by atoms with E-state index in [4.69, 9.17) is 0 Å². The zero-order valence-corrected chi connectivity index (χ0v) is 7.64. The molecule has 0 aromatic carbocycles. The summed E-state index contributed by atoms with van der Waals surface area (Å²) in [6.45, 7) is 0. The third-order valence-electron chi connectivity index (χ3n) is 0.102. The van der Waals surface area contributed by atoms with Crippen LogP contribution >= 0.6 is 12.2 Å². The van der Waals surface area contributed by atoms with Crippen LogP contribution in [-0.4, -0.2) is 12.5 Å². The molecule has 1 N–H and O–H groups in total. The molecule has 6 heavy (non-hydrogen) atoms. The van der Waals surface area contributed by atoms with Crippen molar-refractivity contribution in [3.63, 3.8) is 0 Å². The zero-order valence-electron chi connectivity index (χ0n) is 3.99. The van der Waals surface area contributed by atoms with E-state index in [2.05, 4.69) is 23.0 Å². The van der Waals surface area contributed by atoms with Crippen LogP contribution in [0.4, 0.5) is 0 Å². The standard InChI is InChI=1S/C2H4NS.CH3.Y/c1-3-2-4;;/h1H3,(H,3,4);1H3;/q2*-1;. The molecular weight excluding hydrogens is 171 g/mol. The maximum Gasteiger partial charge on any atom is 0 e. The minimum Gasteiger partial charge on any atom is -0.559 e. The van der Waals surface area contributed by atoms with Gasteiger partial charge in [0, 0.05) is 32.7 Å². The number of hydrogen-bond donors (Lipinski definition) is 1. The van der Waals surface area contributed by atoms with Gasteiger partial charge in [-0.3, -0.25) is 0 Å². The minimum atomic E-state index is 0. The molecule has 0 heterocycles. The first-order chi connectivity index (χ1) is 1.91. The molecule has 1 radical (unpaired) electrons. The van der Waals surface area contributed by atoms with Gasteiger partial charge in [0.25, 0.3) is 0 Å². The van der Waals surface area contributed by atoms with Gasteiger partial charge in [0.2, 0.25) is 0 Å². The summed E-state index contributed by atoms with van der Waals surface area (Å²) in [6.07, 6.45) is 0. The molecular formula is C3H7NSY-2. The fourth-order valence-corrected chi connectivity index (χ4v) is 0. The molecule has 0 saturated carbocycles. The van der Waals surface area contributed by atoms with Gasteiger partial charge in [-0.05, 0) is 7.05 Å². The quantitative estimate of drug-likeness (QED) is 0.356. The van der Waals surface area contributed by atoms with E-state index in [9.17, 15) is 0 Å². The number of rotatable bonds is 1. The summed E-state index contributed by atoms with van der Waals surface area (Å²) in [5, 5.41) is 2.50. The maximum atomic E-state index is 4.19. The summed E-state index contributed by atoms with van der Waals surface area (Å²) in [5.41, 5.74) is 2.26. The van der Waals surface area contributed by atoms with E-state index < -0.39 is 0 Å². The van der Waals surface area contributed by atoms with Gasteiger partial charge < -0.3 is 30.5 Å². The van der Waals surface area contributed by atoms with Gasteiger partial charge in [-0.2, -0.15) is 0 Å². The van der Waals surface area contributed by atoms with Crippen molar-refractivity contribution < 1.29 is 32.7 Å². The van der Waals surface area contributed by atoms with Crippen LogP contribution < -0.4 is 5.32 Å². The molecule has 0 fully saturated rings.